The van der Waals surface area contributed by atoms with Gasteiger partial charge in [-0.1, -0.05) is 30.7 Å². The zero-order valence-corrected chi connectivity index (χ0v) is 15.8. The van der Waals surface area contributed by atoms with Gasteiger partial charge < -0.3 is 15.2 Å². The summed E-state index contributed by atoms with van der Waals surface area (Å²) in [6.45, 7) is 4.86. The first-order chi connectivity index (χ1) is 12.7. The standard InChI is InChI=1S/C19H29N7/c1-20-19(22-13-18-24-23-15-25(18)2)21-12-16-6-8-17(9-7-16)14-26-10-4-3-5-11-26/h6-9,15H,3-5,10-14H2,1-2H3,(H2,20,21,22). The molecule has 7 nitrogen and oxygen atoms in total. The molecule has 0 bridgehead atoms. The molecule has 1 aromatic heterocycles. The monoisotopic (exact) mass is 355 g/mol. The maximum atomic E-state index is 4.26. The Balaban J connectivity index is 1.45. The van der Waals surface area contributed by atoms with Gasteiger partial charge in [-0.3, -0.25) is 9.89 Å². The molecule has 1 aliphatic rings. The molecule has 1 fully saturated rings. The predicted octanol–water partition coefficient (Wildman–Crippen LogP) is 1.67. The number of likely N-dealkylation sites (tertiary alicyclic amines) is 1. The second-order valence-electron chi connectivity index (χ2n) is 6.79. The first-order valence-electron chi connectivity index (χ1n) is 9.32. The Hall–Kier alpha value is -2.41. The average molecular weight is 355 g/mol. The Morgan fingerprint density at radius 3 is 2.38 bits per heavy atom. The van der Waals surface area contributed by atoms with Crippen molar-refractivity contribution in [3.8, 4) is 0 Å². The lowest BCUT2D eigenvalue weighted by atomic mass is 10.1. The Morgan fingerprint density at radius 1 is 1.04 bits per heavy atom. The molecule has 2 aromatic rings. The summed E-state index contributed by atoms with van der Waals surface area (Å²) < 4.78 is 1.89. The van der Waals surface area contributed by atoms with Crippen LogP contribution in [0.4, 0.5) is 0 Å². The highest BCUT2D eigenvalue weighted by atomic mass is 15.3. The van der Waals surface area contributed by atoms with E-state index in [1.54, 1.807) is 13.4 Å². The van der Waals surface area contributed by atoms with Crippen molar-refractivity contribution < 1.29 is 0 Å². The highest BCUT2D eigenvalue weighted by molar-refractivity contribution is 5.79. The molecule has 2 heterocycles. The summed E-state index contributed by atoms with van der Waals surface area (Å²) in [6.07, 6.45) is 5.75. The number of hydrogen-bond donors (Lipinski definition) is 2. The van der Waals surface area contributed by atoms with Gasteiger partial charge in [0.05, 0.1) is 6.54 Å². The van der Waals surface area contributed by atoms with E-state index < -0.39 is 0 Å². The third-order valence-corrected chi connectivity index (χ3v) is 4.78. The van der Waals surface area contributed by atoms with Crippen molar-refractivity contribution in [2.24, 2.45) is 12.0 Å². The first kappa shape index (κ1) is 18.4. The van der Waals surface area contributed by atoms with Gasteiger partial charge in [0.2, 0.25) is 0 Å². The summed E-state index contributed by atoms with van der Waals surface area (Å²) in [5, 5.41) is 14.5. The van der Waals surface area contributed by atoms with E-state index in [4.69, 9.17) is 0 Å². The fourth-order valence-corrected chi connectivity index (χ4v) is 3.17. The molecular weight excluding hydrogens is 326 g/mol. The van der Waals surface area contributed by atoms with Crippen LogP contribution < -0.4 is 10.6 Å². The van der Waals surface area contributed by atoms with E-state index in [-0.39, 0.29) is 0 Å². The molecule has 7 heteroatoms. The number of aryl methyl sites for hydroxylation is 1. The maximum absolute atomic E-state index is 4.26. The van der Waals surface area contributed by atoms with Gasteiger partial charge >= 0.3 is 0 Å². The van der Waals surface area contributed by atoms with Gasteiger partial charge in [0, 0.05) is 27.2 Å². The lowest BCUT2D eigenvalue weighted by Crippen LogP contribution is -2.36. The minimum atomic E-state index is 0.588. The molecule has 0 aliphatic carbocycles. The molecule has 0 spiro atoms. The van der Waals surface area contributed by atoms with Crippen molar-refractivity contribution in [2.75, 3.05) is 20.1 Å². The molecule has 2 N–H and O–H groups in total. The predicted molar refractivity (Wildman–Crippen MR) is 104 cm³/mol. The zero-order valence-electron chi connectivity index (χ0n) is 15.8. The molecule has 0 radical (unpaired) electrons. The van der Waals surface area contributed by atoms with Crippen LogP contribution in [-0.2, 0) is 26.7 Å². The van der Waals surface area contributed by atoms with E-state index in [1.807, 2.05) is 11.6 Å². The third kappa shape index (κ3) is 5.29. The number of piperidine rings is 1. The second-order valence-corrected chi connectivity index (χ2v) is 6.79. The minimum Gasteiger partial charge on any atom is -0.352 e. The number of hydrogen-bond acceptors (Lipinski definition) is 4. The summed E-state index contributed by atoms with van der Waals surface area (Å²) >= 11 is 0. The smallest absolute Gasteiger partial charge is 0.191 e. The Labute approximate surface area is 155 Å². The molecule has 0 unspecified atom stereocenters. The zero-order chi connectivity index (χ0) is 18.2. The van der Waals surface area contributed by atoms with Gasteiger partial charge in [-0.25, -0.2) is 0 Å². The van der Waals surface area contributed by atoms with Gasteiger partial charge in [-0.05, 0) is 37.1 Å². The Bertz CT molecular complexity index is 699. The van der Waals surface area contributed by atoms with Crippen molar-refractivity contribution in [2.45, 2.75) is 38.9 Å². The van der Waals surface area contributed by atoms with Crippen molar-refractivity contribution in [3.05, 3.63) is 47.5 Å². The van der Waals surface area contributed by atoms with Crippen LogP contribution in [-0.4, -0.2) is 45.8 Å². The number of rotatable bonds is 6. The van der Waals surface area contributed by atoms with Crippen molar-refractivity contribution in [3.63, 3.8) is 0 Å². The van der Waals surface area contributed by atoms with Crippen molar-refractivity contribution in [1.82, 2.24) is 30.3 Å². The molecule has 1 saturated heterocycles. The van der Waals surface area contributed by atoms with E-state index in [9.17, 15) is 0 Å². The highest BCUT2D eigenvalue weighted by Crippen LogP contribution is 2.13. The van der Waals surface area contributed by atoms with E-state index >= 15 is 0 Å². The van der Waals surface area contributed by atoms with Crippen LogP contribution in [0.25, 0.3) is 0 Å². The highest BCUT2D eigenvalue weighted by Gasteiger charge is 2.10. The fraction of sp³-hybridized carbons (Fsp3) is 0.526. The van der Waals surface area contributed by atoms with Gasteiger partial charge in [-0.2, -0.15) is 0 Å². The molecular formula is C19H29N7. The lowest BCUT2D eigenvalue weighted by molar-refractivity contribution is 0.221. The van der Waals surface area contributed by atoms with Crippen LogP contribution >= 0.6 is 0 Å². The number of aromatic nitrogens is 3. The topological polar surface area (TPSA) is 70.4 Å². The maximum Gasteiger partial charge on any atom is 0.191 e. The normalized spacial score (nSPS) is 15.8. The van der Waals surface area contributed by atoms with Gasteiger partial charge in [0.1, 0.15) is 6.33 Å². The number of guanidine groups is 1. The summed E-state index contributed by atoms with van der Waals surface area (Å²) in [7, 11) is 3.70. The van der Waals surface area contributed by atoms with Gasteiger partial charge in [-0.15, -0.1) is 10.2 Å². The molecule has 3 rings (SSSR count). The number of nitrogens with one attached hydrogen (secondary N) is 2. The first-order valence-corrected chi connectivity index (χ1v) is 9.32. The number of nitrogens with zero attached hydrogens (tertiary/aromatic N) is 5. The van der Waals surface area contributed by atoms with Crippen LogP contribution in [0.15, 0.2) is 35.6 Å². The SMILES string of the molecule is CN=C(NCc1ccc(CN2CCCCC2)cc1)NCc1nncn1C. The third-order valence-electron chi connectivity index (χ3n) is 4.78. The van der Waals surface area contributed by atoms with E-state index in [2.05, 4.69) is 55.0 Å². The Morgan fingerprint density at radius 2 is 1.73 bits per heavy atom. The lowest BCUT2D eigenvalue weighted by Gasteiger charge is -2.26. The molecule has 1 aromatic carbocycles. The average Bonchev–Trinajstić information content (AvgIpc) is 3.09. The van der Waals surface area contributed by atoms with Crippen LogP contribution in [0.2, 0.25) is 0 Å². The van der Waals surface area contributed by atoms with Gasteiger partial charge in [0.25, 0.3) is 0 Å². The van der Waals surface area contributed by atoms with Crippen LogP contribution in [0, 0.1) is 0 Å². The second kappa shape index (κ2) is 9.33. The molecule has 140 valence electrons. The molecule has 0 atom stereocenters. The van der Waals surface area contributed by atoms with E-state index in [0.717, 1.165) is 24.9 Å². The number of benzene rings is 1. The fourth-order valence-electron chi connectivity index (χ4n) is 3.17. The minimum absolute atomic E-state index is 0.588. The van der Waals surface area contributed by atoms with Crippen LogP contribution in [0.1, 0.15) is 36.2 Å². The van der Waals surface area contributed by atoms with Crippen molar-refractivity contribution in [1.29, 1.82) is 0 Å². The van der Waals surface area contributed by atoms with Crippen LogP contribution in [0.3, 0.4) is 0 Å². The largest absolute Gasteiger partial charge is 0.352 e. The van der Waals surface area contributed by atoms with E-state index in [1.165, 1.54) is 43.5 Å². The quantitative estimate of drug-likeness (QED) is 0.609. The number of aliphatic imine (C=N–C) groups is 1. The molecule has 26 heavy (non-hydrogen) atoms. The van der Waals surface area contributed by atoms with Gasteiger partial charge in [0.15, 0.2) is 11.8 Å². The summed E-state index contributed by atoms with van der Waals surface area (Å²) in [6, 6.07) is 8.87. The molecule has 1 aliphatic heterocycles. The van der Waals surface area contributed by atoms with E-state index in [0.29, 0.717) is 6.54 Å². The Kier molecular flexibility index (Phi) is 6.60. The van der Waals surface area contributed by atoms with Crippen molar-refractivity contribution >= 4 is 5.96 Å². The summed E-state index contributed by atoms with van der Waals surface area (Å²) in [4.78, 5) is 6.81. The molecule has 0 amide bonds. The summed E-state index contributed by atoms with van der Waals surface area (Å²) in [5.41, 5.74) is 2.63. The summed E-state index contributed by atoms with van der Waals surface area (Å²) in [5.74, 6) is 1.63. The van der Waals surface area contributed by atoms with Crippen LogP contribution in [0.5, 0.6) is 0 Å². The molecule has 0 saturated carbocycles.